The van der Waals surface area contributed by atoms with Gasteiger partial charge in [-0.25, -0.2) is 4.99 Å². The third kappa shape index (κ3) is 5.71. The van der Waals surface area contributed by atoms with Crippen LogP contribution in [0.4, 0.5) is 0 Å². The molecular weight excluding hydrogens is 453 g/mol. The maximum Gasteiger partial charge on any atom is 0.191 e. The lowest BCUT2D eigenvalue weighted by Crippen LogP contribution is -2.44. The molecule has 0 radical (unpaired) electrons. The quantitative estimate of drug-likeness (QED) is 0.284. The molecule has 1 unspecified atom stereocenters. The second-order valence-electron chi connectivity index (χ2n) is 6.48. The zero-order valence-electron chi connectivity index (χ0n) is 15.6. The zero-order valence-corrected chi connectivity index (χ0v) is 17.9. The van der Waals surface area contributed by atoms with E-state index in [0.717, 1.165) is 12.1 Å². The molecule has 1 atom stereocenters. The summed E-state index contributed by atoms with van der Waals surface area (Å²) in [6, 6.07) is 18.2. The van der Waals surface area contributed by atoms with E-state index in [1.165, 1.54) is 10.8 Å². The van der Waals surface area contributed by atoms with E-state index >= 15 is 0 Å². The van der Waals surface area contributed by atoms with Crippen LogP contribution in [0.3, 0.4) is 0 Å². The summed E-state index contributed by atoms with van der Waals surface area (Å²) in [6.45, 7) is 5.32. The number of nitrogens with zero attached hydrogens (tertiary/aromatic N) is 1. The molecule has 0 saturated heterocycles. The van der Waals surface area contributed by atoms with Crippen molar-refractivity contribution in [2.75, 3.05) is 13.1 Å². The van der Waals surface area contributed by atoms with E-state index in [-0.39, 0.29) is 24.0 Å². The number of hydrogen-bond donors (Lipinski definition) is 3. The van der Waals surface area contributed by atoms with Gasteiger partial charge in [-0.15, -0.1) is 24.0 Å². The highest BCUT2D eigenvalue weighted by Gasteiger charge is 2.26. The molecule has 1 aromatic heterocycles. The molecule has 3 rings (SSSR count). The predicted octanol–water partition coefficient (Wildman–Crippen LogP) is 4.01. The van der Waals surface area contributed by atoms with Crippen LogP contribution >= 0.6 is 24.0 Å². The Morgan fingerprint density at radius 2 is 1.85 bits per heavy atom. The molecule has 0 fully saturated rings. The fourth-order valence-corrected chi connectivity index (χ4v) is 2.78. The van der Waals surface area contributed by atoms with Gasteiger partial charge in [0.25, 0.3) is 0 Å². The van der Waals surface area contributed by atoms with E-state index in [9.17, 15) is 5.11 Å². The molecule has 0 spiro atoms. The summed E-state index contributed by atoms with van der Waals surface area (Å²) in [6.07, 6.45) is 1.56. The molecule has 6 heteroatoms. The summed E-state index contributed by atoms with van der Waals surface area (Å²) in [5.41, 5.74) is 0.0292. The first-order chi connectivity index (χ1) is 12.6. The van der Waals surface area contributed by atoms with Crippen LogP contribution in [0.25, 0.3) is 10.8 Å². The molecule has 3 aromatic rings. The standard InChI is InChI=1S/C21H25N3O2.HI/c1-3-22-20(24-15-21(2,25)19-9-6-12-26-19)23-14-16-10-11-17-7-4-5-8-18(17)13-16;/h4-13,25H,3,14-15H2,1-2H3,(H2,22,23,24);1H. The first-order valence-electron chi connectivity index (χ1n) is 8.85. The summed E-state index contributed by atoms with van der Waals surface area (Å²) in [4.78, 5) is 4.63. The summed E-state index contributed by atoms with van der Waals surface area (Å²) < 4.78 is 5.31. The Morgan fingerprint density at radius 1 is 1.07 bits per heavy atom. The number of aliphatic imine (C=N–C) groups is 1. The topological polar surface area (TPSA) is 69.8 Å². The molecular formula is C21H26IN3O2. The van der Waals surface area contributed by atoms with Gasteiger partial charge in [-0.05, 0) is 48.4 Å². The van der Waals surface area contributed by atoms with Gasteiger partial charge in [0.15, 0.2) is 5.96 Å². The number of fused-ring (bicyclic) bond motifs is 1. The highest BCUT2D eigenvalue weighted by molar-refractivity contribution is 14.0. The number of benzene rings is 2. The minimum atomic E-state index is -1.11. The average molecular weight is 479 g/mol. The van der Waals surface area contributed by atoms with Crippen molar-refractivity contribution >= 4 is 40.7 Å². The lowest BCUT2D eigenvalue weighted by molar-refractivity contribution is 0.0386. The third-order valence-corrected chi connectivity index (χ3v) is 4.23. The molecule has 0 amide bonds. The Hall–Kier alpha value is -2.06. The molecule has 3 N–H and O–H groups in total. The lowest BCUT2D eigenvalue weighted by atomic mass is 10.0. The Kier molecular flexibility index (Phi) is 7.67. The number of rotatable bonds is 6. The van der Waals surface area contributed by atoms with Crippen LogP contribution in [0.1, 0.15) is 25.2 Å². The fraction of sp³-hybridized carbons (Fsp3) is 0.286. The summed E-state index contributed by atoms with van der Waals surface area (Å²) in [5.74, 6) is 1.18. The van der Waals surface area contributed by atoms with E-state index in [1.54, 1.807) is 25.3 Å². The van der Waals surface area contributed by atoms with Crippen LogP contribution in [0.15, 0.2) is 70.3 Å². The van der Waals surface area contributed by atoms with Gasteiger partial charge < -0.3 is 20.2 Å². The minimum Gasteiger partial charge on any atom is -0.466 e. The fourth-order valence-electron chi connectivity index (χ4n) is 2.78. The Bertz CT molecular complexity index is 876. The van der Waals surface area contributed by atoms with Crippen molar-refractivity contribution in [2.24, 2.45) is 4.99 Å². The number of halogens is 1. The summed E-state index contributed by atoms with van der Waals surface area (Å²) in [5, 5.41) is 19.4. The zero-order chi connectivity index (χ0) is 18.4. The molecule has 0 aliphatic carbocycles. The number of aliphatic hydroxyl groups is 1. The molecule has 0 bridgehead atoms. The Balaban J connectivity index is 0.00000261. The third-order valence-electron chi connectivity index (χ3n) is 4.23. The number of nitrogens with one attached hydrogen (secondary N) is 2. The maximum absolute atomic E-state index is 10.6. The van der Waals surface area contributed by atoms with Crippen molar-refractivity contribution in [3.8, 4) is 0 Å². The van der Waals surface area contributed by atoms with E-state index < -0.39 is 5.60 Å². The van der Waals surface area contributed by atoms with Crippen molar-refractivity contribution in [1.82, 2.24) is 10.6 Å². The predicted molar refractivity (Wildman–Crippen MR) is 120 cm³/mol. The van der Waals surface area contributed by atoms with Crippen molar-refractivity contribution in [1.29, 1.82) is 0 Å². The molecule has 1 heterocycles. The second-order valence-corrected chi connectivity index (χ2v) is 6.48. The first-order valence-corrected chi connectivity index (χ1v) is 8.85. The second kappa shape index (κ2) is 9.75. The Labute approximate surface area is 176 Å². The van der Waals surface area contributed by atoms with E-state index in [1.807, 2.05) is 19.1 Å². The summed E-state index contributed by atoms with van der Waals surface area (Å²) >= 11 is 0. The summed E-state index contributed by atoms with van der Waals surface area (Å²) in [7, 11) is 0. The van der Waals surface area contributed by atoms with Gasteiger partial charge in [0, 0.05) is 6.54 Å². The SMILES string of the molecule is CCNC(=NCc1ccc2ccccc2c1)NCC(C)(O)c1ccco1.I. The van der Waals surface area contributed by atoms with Gasteiger partial charge in [-0.2, -0.15) is 0 Å². The highest BCUT2D eigenvalue weighted by Crippen LogP contribution is 2.20. The number of hydrogen-bond acceptors (Lipinski definition) is 3. The molecule has 5 nitrogen and oxygen atoms in total. The highest BCUT2D eigenvalue weighted by atomic mass is 127. The maximum atomic E-state index is 10.6. The van der Waals surface area contributed by atoms with Crippen LogP contribution < -0.4 is 10.6 Å². The number of furan rings is 1. The van der Waals surface area contributed by atoms with Gasteiger partial charge in [0.05, 0.1) is 19.4 Å². The van der Waals surface area contributed by atoms with Crippen molar-refractivity contribution < 1.29 is 9.52 Å². The normalized spacial score (nSPS) is 13.7. The molecule has 2 aromatic carbocycles. The van der Waals surface area contributed by atoms with Crippen LogP contribution in [-0.4, -0.2) is 24.2 Å². The van der Waals surface area contributed by atoms with Crippen LogP contribution in [0.5, 0.6) is 0 Å². The molecule has 0 aliphatic heterocycles. The van der Waals surface area contributed by atoms with Crippen molar-refractivity contribution in [3.05, 3.63) is 72.2 Å². The smallest absolute Gasteiger partial charge is 0.191 e. The first kappa shape index (κ1) is 21.2. The van der Waals surface area contributed by atoms with Crippen molar-refractivity contribution in [2.45, 2.75) is 26.0 Å². The van der Waals surface area contributed by atoms with E-state index in [0.29, 0.717) is 24.8 Å². The molecule has 144 valence electrons. The van der Waals surface area contributed by atoms with E-state index in [4.69, 9.17) is 4.42 Å². The molecule has 27 heavy (non-hydrogen) atoms. The largest absolute Gasteiger partial charge is 0.466 e. The molecule has 0 aliphatic rings. The van der Waals surface area contributed by atoms with Crippen LogP contribution in [-0.2, 0) is 12.1 Å². The van der Waals surface area contributed by atoms with Gasteiger partial charge in [0.2, 0.25) is 0 Å². The van der Waals surface area contributed by atoms with Gasteiger partial charge in [-0.3, -0.25) is 0 Å². The number of guanidine groups is 1. The van der Waals surface area contributed by atoms with Crippen LogP contribution in [0.2, 0.25) is 0 Å². The molecule has 0 saturated carbocycles. The lowest BCUT2D eigenvalue weighted by Gasteiger charge is -2.22. The van der Waals surface area contributed by atoms with Gasteiger partial charge in [0.1, 0.15) is 11.4 Å². The average Bonchev–Trinajstić information content (AvgIpc) is 3.19. The minimum absolute atomic E-state index is 0. The van der Waals surface area contributed by atoms with E-state index in [2.05, 4.69) is 46.0 Å². The van der Waals surface area contributed by atoms with Gasteiger partial charge >= 0.3 is 0 Å². The van der Waals surface area contributed by atoms with Gasteiger partial charge in [-0.1, -0.05) is 36.4 Å². The monoisotopic (exact) mass is 479 g/mol. The van der Waals surface area contributed by atoms with Crippen molar-refractivity contribution in [3.63, 3.8) is 0 Å². The Morgan fingerprint density at radius 3 is 2.56 bits per heavy atom. The van der Waals surface area contributed by atoms with Crippen LogP contribution in [0, 0.1) is 0 Å².